The maximum absolute atomic E-state index is 14.2. The average molecular weight is 807 g/mol. The zero-order chi connectivity index (χ0) is 40.8. The number of piperazine rings is 2. The zero-order valence-electron chi connectivity index (χ0n) is 33.5. The first-order chi connectivity index (χ1) is 28.0. The highest BCUT2D eigenvalue weighted by atomic mass is 16.5. The third kappa shape index (κ3) is 9.92. The SMILES string of the molecule is CN1CCN2C(=O)c3ccccc3OCC[C@@H]3CC[C@H](O)[C@@H](CNC(=O)[C@@H]4CN(C)CCN4C(=O)c4ccccc4OCC[C@@H]4CC[C@H](O)[C@@H](CNC(=O)[C@@H]2C1)O4)O3. The van der Waals surface area contributed by atoms with Crippen LogP contribution in [-0.4, -0.2) is 182 Å². The van der Waals surface area contributed by atoms with Crippen molar-refractivity contribution >= 4 is 23.6 Å². The van der Waals surface area contributed by atoms with Crippen LogP contribution in [0.3, 0.4) is 0 Å². The maximum Gasteiger partial charge on any atom is 0.258 e. The van der Waals surface area contributed by atoms with Gasteiger partial charge in [-0.3, -0.25) is 19.2 Å². The van der Waals surface area contributed by atoms with E-state index in [1.54, 1.807) is 58.3 Å². The number of aliphatic hydroxyl groups is 2. The van der Waals surface area contributed by atoms with E-state index in [4.69, 9.17) is 18.9 Å². The Hall–Kier alpha value is -4.32. The number of carbonyl (C=O) groups excluding carboxylic acids is 4. The lowest BCUT2D eigenvalue weighted by Gasteiger charge is -2.40. The van der Waals surface area contributed by atoms with Gasteiger partial charge in [-0.1, -0.05) is 24.3 Å². The molecule has 5 aliphatic heterocycles. The van der Waals surface area contributed by atoms with Gasteiger partial charge in [-0.25, -0.2) is 0 Å². The van der Waals surface area contributed by atoms with E-state index in [0.717, 1.165) is 0 Å². The summed E-state index contributed by atoms with van der Waals surface area (Å²) in [7, 11) is 3.82. The van der Waals surface area contributed by atoms with Gasteiger partial charge < -0.3 is 59.4 Å². The maximum atomic E-state index is 14.2. The molecule has 16 nitrogen and oxygen atoms in total. The lowest BCUT2D eigenvalue weighted by Crippen LogP contribution is -2.60. The molecule has 5 heterocycles. The number of rotatable bonds is 0. The highest BCUT2D eigenvalue weighted by Gasteiger charge is 2.39. The smallest absolute Gasteiger partial charge is 0.258 e. The fourth-order valence-corrected chi connectivity index (χ4v) is 8.55. The van der Waals surface area contributed by atoms with Crippen LogP contribution in [0.4, 0.5) is 0 Å². The number of likely N-dealkylation sites (N-methyl/N-ethyl adjacent to an activating group) is 2. The van der Waals surface area contributed by atoms with E-state index in [2.05, 4.69) is 10.6 Å². The number of hydrogen-bond donors (Lipinski definition) is 4. The van der Waals surface area contributed by atoms with Crippen LogP contribution in [-0.2, 0) is 19.1 Å². The Labute approximate surface area is 339 Å². The molecule has 0 unspecified atom stereocenters. The number of ether oxygens (including phenoxy) is 4. The molecule has 0 spiro atoms. The molecule has 0 aliphatic carbocycles. The first-order valence-electron chi connectivity index (χ1n) is 20.7. The summed E-state index contributed by atoms with van der Waals surface area (Å²) in [4.78, 5) is 63.1. The molecule has 2 aromatic rings. The number of para-hydroxylation sites is 2. The first kappa shape index (κ1) is 41.8. The molecule has 4 amide bonds. The Morgan fingerprint density at radius 2 is 0.983 bits per heavy atom. The van der Waals surface area contributed by atoms with Gasteiger partial charge in [0.05, 0.1) is 48.8 Å². The second-order valence-corrected chi connectivity index (χ2v) is 16.2. The van der Waals surface area contributed by atoms with Crippen LogP contribution in [0, 0.1) is 0 Å². The minimum atomic E-state index is -0.782. The fourth-order valence-electron chi connectivity index (χ4n) is 8.55. The lowest BCUT2D eigenvalue weighted by molar-refractivity contribution is -0.135. The monoisotopic (exact) mass is 806 g/mol. The van der Waals surface area contributed by atoms with Gasteiger partial charge in [-0.15, -0.1) is 0 Å². The van der Waals surface area contributed by atoms with Crippen molar-refractivity contribution in [2.45, 2.75) is 87.2 Å². The van der Waals surface area contributed by atoms with Gasteiger partial charge in [0.2, 0.25) is 11.8 Å². The van der Waals surface area contributed by atoms with E-state index >= 15 is 0 Å². The summed E-state index contributed by atoms with van der Waals surface area (Å²) < 4.78 is 25.0. The molecule has 7 rings (SSSR count). The molecule has 0 radical (unpaired) electrons. The van der Waals surface area contributed by atoms with Gasteiger partial charge in [0.1, 0.15) is 35.8 Å². The summed E-state index contributed by atoms with van der Waals surface area (Å²) in [5.41, 5.74) is 0.691. The molecule has 4 bridgehead atoms. The summed E-state index contributed by atoms with van der Waals surface area (Å²) in [6, 6.07) is 12.4. The summed E-state index contributed by atoms with van der Waals surface area (Å²) in [5, 5.41) is 27.7. The zero-order valence-corrected chi connectivity index (χ0v) is 33.5. The molecule has 4 N–H and O–H groups in total. The predicted molar refractivity (Wildman–Crippen MR) is 212 cm³/mol. The number of aliphatic hydroxyl groups excluding tert-OH is 2. The van der Waals surface area contributed by atoms with Crippen molar-refractivity contribution in [3.8, 4) is 11.5 Å². The molecule has 4 saturated heterocycles. The van der Waals surface area contributed by atoms with E-state index in [1.165, 1.54) is 0 Å². The molecule has 4 fully saturated rings. The lowest BCUT2D eigenvalue weighted by atomic mass is 9.99. The van der Waals surface area contributed by atoms with E-state index in [-0.39, 0.29) is 62.1 Å². The van der Waals surface area contributed by atoms with Crippen LogP contribution in [0.1, 0.15) is 59.2 Å². The van der Waals surface area contributed by atoms with Crippen molar-refractivity contribution < 1.29 is 48.3 Å². The van der Waals surface area contributed by atoms with Gasteiger partial charge in [0.15, 0.2) is 0 Å². The predicted octanol–water partition coefficient (Wildman–Crippen LogP) is 0.500. The Balaban J connectivity index is 1.11. The van der Waals surface area contributed by atoms with Crippen LogP contribution in [0.2, 0.25) is 0 Å². The second-order valence-electron chi connectivity index (χ2n) is 16.2. The minimum Gasteiger partial charge on any atom is -0.493 e. The Kier molecular flexibility index (Phi) is 13.8. The van der Waals surface area contributed by atoms with Crippen LogP contribution >= 0.6 is 0 Å². The van der Waals surface area contributed by atoms with Crippen molar-refractivity contribution in [2.75, 3.05) is 79.7 Å². The Morgan fingerprint density at radius 3 is 1.41 bits per heavy atom. The van der Waals surface area contributed by atoms with Crippen molar-refractivity contribution in [3.63, 3.8) is 0 Å². The highest BCUT2D eigenvalue weighted by molar-refractivity contribution is 6.00. The van der Waals surface area contributed by atoms with Crippen molar-refractivity contribution in [1.29, 1.82) is 0 Å². The summed E-state index contributed by atoms with van der Waals surface area (Å²) >= 11 is 0. The molecule has 5 aliphatic rings. The molecule has 8 atom stereocenters. The van der Waals surface area contributed by atoms with E-state index in [1.807, 2.05) is 23.9 Å². The third-order valence-corrected chi connectivity index (χ3v) is 12.0. The number of hydrogen-bond acceptors (Lipinski definition) is 12. The van der Waals surface area contributed by atoms with Gasteiger partial charge in [-0.05, 0) is 64.0 Å². The van der Waals surface area contributed by atoms with Crippen LogP contribution < -0.4 is 20.1 Å². The molecule has 2 aromatic carbocycles. The topological polar surface area (TPSA) is 183 Å². The van der Waals surface area contributed by atoms with E-state index in [9.17, 15) is 29.4 Å². The van der Waals surface area contributed by atoms with Gasteiger partial charge in [0, 0.05) is 65.2 Å². The minimum absolute atomic E-state index is 0.0670. The number of fused-ring (bicyclic) bond motifs is 8. The van der Waals surface area contributed by atoms with Crippen LogP contribution in [0.25, 0.3) is 0 Å². The molecular weight excluding hydrogens is 748 g/mol. The van der Waals surface area contributed by atoms with Crippen LogP contribution in [0.15, 0.2) is 48.5 Å². The van der Waals surface area contributed by atoms with E-state index < -0.39 is 36.5 Å². The highest BCUT2D eigenvalue weighted by Crippen LogP contribution is 2.28. The molecule has 316 valence electrons. The molecule has 58 heavy (non-hydrogen) atoms. The number of carbonyl (C=O) groups is 4. The quantitative estimate of drug-likeness (QED) is 0.290. The van der Waals surface area contributed by atoms with Crippen molar-refractivity contribution in [3.05, 3.63) is 59.7 Å². The first-order valence-corrected chi connectivity index (χ1v) is 20.7. The molecule has 0 saturated carbocycles. The Morgan fingerprint density at radius 1 is 0.569 bits per heavy atom. The largest absolute Gasteiger partial charge is 0.493 e. The molecule has 16 heteroatoms. The molecule has 0 aromatic heterocycles. The molecular formula is C42H58N6O10. The summed E-state index contributed by atoms with van der Waals surface area (Å²) in [6.45, 7) is 3.13. The van der Waals surface area contributed by atoms with Gasteiger partial charge in [-0.2, -0.15) is 0 Å². The van der Waals surface area contributed by atoms with Crippen molar-refractivity contribution in [2.24, 2.45) is 0 Å². The second kappa shape index (κ2) is 19.2. The van der Waals surface area contributed by atoms with E-state index in [0.29, 0.717) is 100 Å². The van der Waals surface area contributed by atoms with Crippen LogP contribution in [0.5, 0.6) is 11.5 Å². The summed E-state index contributed by atoms with van der Waals surface area (Å²) in [5.74, 6) is -0.509. The average Bonchev–Trinajstić information content (AvgIpc) is 3.23. The summed E-state index contributed by atoms with van der Waals surface area (Å²) in [6.07, 6.45) is -0.301. The number of nitrogens with one attached hydrogen (secondary N) is 2. The number of amides is 4. The number of benzene rings is 2. The normalized spacial score (nSPS) is 31.7. The standard InChI is InChI=1S/C42H58N6O10/c1-45-17-19-47-31(25-45)39(51)43-23-37-33(49)13-11-27(57-37)16-22-56-36-10-6-4-8-30(36)42(54)48-20-18-46(2)26-32(48)40(52)44-24-38-34(50)14-12-28(58-38)15-21-55-35-9-5-3-7-29(35)41(47)53/h3-10,27-28,31-34,37-38,49-50H,11-26H2,1-2H3,(H,43,51)(H,44,52)/t27-,28-,31-,32-,33-,34-,37+,38+/m0/s1. The van der Waals surface area contributed by atoms with Crippen molar-refractivity contribution in [1.82, 2.24) is 30.2 Å². The van der Waals surface area contributed by atoms with Gasteiger partial charge in [0.25, 0.3) is 11.8 Å². The fraction of sp³-hybridized carbons (Fsp3) is 0.619. The third-order valence-electron chi connectivity index (χ3n) is 12.0. The number of nitrogens with zero attached hydrogens (tertiary/aromatic N) is 4. The van der Waals surface area contributed by atoms with Gasteiger partial charge >= 0.3 is 0 Å². The Bertz CT molecular complexity index is 1640.